The Morgan fingerprint density at radius 2 is 2.16 bits per heavy atom. The van der Waals surface area contributed by atoms with Crippen LogP contribution in [0.25, 0.3) is 0 Å². The molecule has 3 rings (SSSR count). The number of phenolic OH excluding ortho intramolecular Hbond substituents is 1. The fourth-order valence-corrected chi connectivity index (χ4v) is 5.58. The van der Waals surface area contributed by atoms with Crippen LogP contribution in [0.4, 0.5) is 0 Å². The zero-order chi connectivity index (χ0) is 18.2. The number of methoxy groups -OCH3 is 2. The van der Waals surface area contributed by atoms with Crippen LogP contribution in [0.15, 0.2) is 12.1 Å². The molecule has 2 aliphatic carbocycles. The Hall–Kier alpha value is -1.55. The predicted octanol–water partition coefficient (Wildman–Crippen LogP) is 3.87. The molecule has 0 aromatic heterocycles. The van der Waals surface area contributed by atoms with E-state index in [0.29, 0.717) is 29.3 Å². The molecule has 0 saturated heterocycles. The molecule has 3 unspecified atom stereocenters. The number of aromatic hydroxyl groups is 1. The standard InChI is InChI=1S/C21H30O4/c1-5-21-9-8-13(2)16(17(21)11-15(12-22)24-3)10-14-6-7-18(25-4)20(23)19(14)21/h6-7,12-13,15-17,23H,5,8-11H2,1-4H3/t13-,15?,16?,17?,21+/m1/s1. The Morgan fingerprint density at radius 1 is 1.40 bits per heavy atom. The van der Waals surface area contributed by atoms with Gasteiger partial charge in [-0.2, -0.15) is 0 Å². The Labute approximate surface area is 150 Å². The lowest BCUT2D eigenvalue weighted by molar-refractivity contribution is -0.119. The Balaban J connectivity index is 2.15. The number of carbonyl (C=O) groups excluding carboxylic acids is 1. The minimum Gasteiger partial charge on any atom is -0.504 e. The summed E-state index contributed by atoms with van der Waals surface area (Å²) >= 11 is 0. The van der Waals surface area contributed by atoms with E-state index in [1.54, 1.807) is 14.2 Å². The molecule has 0 amide bonds. The van der Waals surface area contributed by atoms with Gasteiger partial charge in [0.2, 0.25) is 0 Å². The van der Waals surface area contributed by atoms with Crippen molar-refractivity contribution in [1.29, 1.82) is 0 Å². The van der Waals surface area contributed by atoms with E-state index in [-0.39, 0.29) is 11.5 Å². The Kier molecular flexibility index (Phi) is 5.10. The van der Waals surface area contributed by atoms with Gasteiger partial charge in [0.25, 0.3) is 0 Å². The summed E-state index contributed by atoms with van der Waals surface area (Å²) in [5.41, 5.74) is 2.19. The van der Waals surface area contributed by atoms with E-state index >= 15 is 0 Å². The predicted molar refractivity (Wildman–Crippen MR) is 97.2 cm³/mol. The zero-order valence-corrected chi connectivity index (χ0v) is 15.7. The van der Waals surface area contributed by atoms with Crippen molar-refractivity contribution in [3.63, 3.8) is 0 Å². The number of aldehydes is 1. The van der Waals surface area contributed by atoms with E-state index in [4.69, 9.17) is 9.47 Å². The van der Waals surface area contributed by atoms with Gasteiger partial charge >= 0.3 is 0 Å². The zero-order valence-electron chi connectivity index (χ0n) is 15.7. The molecule has 0 radical (unpaired) electrons. The van der Waals surface area contributed by atoms with Gasteiger partial charge < -0.3 is 19.4 Å². The maximum Gasteiger partial charge on any atom is 0.161 e. The number of phenols is 1. The number of rotatable bonds is 6. The molecule has 138 valence electrons. The largest absolute Gasteiger partial charge is 0.504 e. The first-order valence-electron chi connectivity index (χ1n) is 9.39. The van der Waals surface area contributed by atoms with Gasteiger partial charge in [-0.05, 0) is 61.5 Å². The average Bonchev–Trinajstić information content (AvgIpc) is 2.63. The summed E-state index contributed by atoms with van der Waals surface area (Å²) in [6.45, 7) is 4.53. The number of hydrogen-bond acceptors (Lipinski definition) is 4. The highest BCUT2D eigenvalue weighted by atomic mass is 16.5. The molecule has 2 aliphatic rings. The number of fused-ring (bicyclic) bond motifs is 4. The van der Waals surface area contributed by atoms with Crippen LogP contribution in [0.1, 0.15) is 50.7 Å². The van der Waals surface area contributed by atoms with Gasteiger partial charge in [0.15, 0.2) is 11.5 Å². The van der Waals surface area contributed by atoms with Crippen molar-refractivity contribution in [2.24, 2.45) is 17.8 Å². The van der Waals surface area contributed by atoms with Crippen LogP contribution in [-0.4, -0.2) is 31.7 Å². The van der Waals surface area contributed by atoms with E-state index in [1.165, 1.54) is 5.56 Å². The highest BCUT2D eigenvalue weighted by Crippen LogP contribution is 2.60. The van der Waals surface area contributed by atoms with Gasteiger partial charge in [-0.3, -0.25) is 0 Å². The quantitative estimate of drug-likeness (QED) is 0.795. The third kappa shape index (κ3) is 2.75. The third-order valence-corrected chi connectivity index (χ3v) is 6.98. The van der Waals surface area contributed by atoms with E-state index in [9.17, 15) is 9.90 Å². The highest BCUT2D eigenvalue weighted by molar-refractivity contribution is 5.58. The molecule has 1 aromatic carbocycles. The summed E-state index contributed by atoms with van der Waals surface area (Å²) in [5, 5.41) is 10.9. The molecular weight excluding hydrogens is 316 g/mol. The van der Waals surface area contributed by atoms with Crippen LogP contribution in [0.3, 0.4) is 0 Å². The minimum atomic E-state index is -0.377. The number of ether oxygens (including phenoxy) is 2. The van der Waals surface area contributed by atoms with Crippen LogP contribution in [0.2, 0.25) is 0 Å². The smallest absolute Gasteiger partial charge is 0.161 e. The van der Waals surface area contributed by atoms with E-state index in [2.05, 4.69) is 19.9 Å². The van der Waals surface area contributed by atoms with Crippen molar-refractivity contribution < 1.29 is 19.4 Å². The monoisotopic (exact) mass is 346 g/mol. The Bertz CT molecular complexity index is 641. The third-order valence-electron chi connectivity index (χ3n) is 6.98. The van der Waals surface area contributed by atoms with Crippen LogP contribution in [0.5, 0.6) is 11.5 Å². The second-order valence-electron chi connectivity index (χ2n) is 7.80. The van der Waals surface area contributed by atoms with Gasteiger partial charge in [-0.25, -0.2) is 0 Å². The fourth-order valence-electron chi connectivity index (χ4n) is 5.58. The fraction of sp³-hybridized carbons (Fsp3) is 0.667. The normalized spacial score (nSPS) is 31.9. The second kappa shape index (κ2) is 6.99. The topological polar surface area (TPSA) is 55.8 Å². The first kappa shape index (κ1) is 18.2. The summed E-state index contributed by atoms with van der Waals surface area (Å²) < 4.78 is 10.8. The van der Waals surface area contributed by atoms with Crippen LogP contribution in [0, 0.1) is 17.8 Å². The first-order chi connectivity index (χ1) is 12.0. The van der Waals surface area contributed by atoms with E-state index in [1.807, 2.05) is 6.07 Å². The summed E-state index contributed by atoms with van der Waals surface area (Å²) in [6.07, 6.45) is 5.36. The summed E-state index contributed by atoms with van der Waals surface area (Å²) in [6, 6.07) is 3.99. The number of carbonyl (C=O) groups is 1. The van der Waals surface area contributed by atoms with Gasteiger partial charge in [-0.1, -0.05) is 19.9 Å². The van der Waals surface area contributed by atoms with Gasteiger partial charge in [0.05, 0.1) is 7.11 Å². The lowest BCUT2D eigenvalue weighted by atomic mass is 9.49. The summed E-state index contributed by atoms with van der Waals surface area (Å²) in [5.74, 6) is 2.31. The molecule has 0 aliphatic heterocycles. The van der Waals surface area contributed by atoms with Crippen molar-refractivity contribution in [3.05, 3.63) is 23.3 Å². The second-order valence-corrected chi connectivity index (χ2v) is 7.80. The van der Waals surface area contributed by atoms with Gasteiger partial charge in [-0.15, -0.1) is 0 Å². The molecular formula is C21H30O4. The maximum absolute atomic E-state index is 11.4. The lowest BCUT2D eigenvalue weighted by Gasteiger charge is -2.55. The van der Waals surface area contributed by atoms with Crippen molar-refractivity contribution in [3.8, 4) is 11.5 Å². The molecule has 5 atom stereocenters. The molecule has 2 bridgehead atoms. The van der Waals surface area contributed by atoms with Crippen LogP contribution < -0.4 is 4.74 Å². The van der Waals surface area contributed by atoms with Crippen molar-refractivity contribution in [2.75, 3.05) is 14.2 Å². The SMILES string of the molecule is CC[C@@]12CC[C@@H](C)C(Cc3ccc(OC)c(O)c31)C2CC(C=O)OC. The molecule has 25 heavy (non-hydrogen) atoms. The lowest BCUT2D eigenvalue weighted by Crippen LogP contribution is -2.51. The molecule has 0 spiro atoms. The minimum absolute atomic E-state index is 0.108. The average molecular weight is 346 g/mol. The molecule has 1 aromatic rings. The van der Waals surface area contributed by atoms with Crippen molar-refractivity contribution in [1.82, 2.24) is 0 Å². The van der Waals surface area contributed by atoms with Crippen LogP contribution >= 0.6 is 0 Å². The summed E-state index contributed by atoms with van der Waals surface area (Å²) in [7, 11) is 3.20. The first-order valence-corrected chi connectivity index (χ1v) is 9.39. The molecule has 4 nitrogen and oxygen atoms in total. The molecule has 1 saturated carbocycles. The molecule has 1 fully saturated rings. The number of benzene rings is 1. The molecule has 0 heterocycles. The number of hydrogen-bond donors (Lipinski definition) is 1. The van der Waals surface area contributed by atoms with Crippen molar-refractivity contribution in [2.45, 2.75) is 57.5 Å². The Morgan fingerprint density at radius 3 is 2.76 bits per heavy atom. The molecule has 1 N–H and O–H groups in total. The van der Waals surface area contributed by atoms with Gasteiger partial charge in [0, 0.05) is 18.1 Å². The van der Waals surface area contributed by atoms with Crippen molar-refractivity contribution >= 4 is 6.29 Å². The maximum atomic E-state index is 11.4. The van der Waals surface area contributed by atoms with Gasteiger partial charge in [0.1, 0.15) is 12.4 Å². The summed E-state index contributed by atoms with van der Waals surface area (Å²) in [4.78, 5) is 11.4. The highest BCUT2D eigenvalue weighted by Gasteiger charge is 2.53. The van der Waals surface area contributed by atoms with E-state index in [0.717, 1.165) is 44.0 Å². The van der Waals surface area contributed by atoms with Crippen LogP contribution in [-0.2, 0) is 21.4 Å². The van der Waals surface area contributed by atoms with E-state index < -0.39 is 0 Å². The molecule has 4 heteroatoms.